The largest absolute Gasteiger partial charge is 0.370 e. The molecule has 4 nitrogen and oxygen atoms in total. The Kier molecular flexibility index (Phi) is 4.45. The van der Waals surface area contributed by atoms with E-state index in [-0.39, 0.29) is 11.4 Å². The highest BCUT2D eigenvalue weighted by Crippen LogP contribution is 2.54. The Morgan fingerprint density at radius 3 is 2.50 bits per heavy atom. The first-order chi connectivity index (χ1) is 11.5. The standard InChI is InChI=1S/C20H25N3O/c1-4-16-11-17(14(2)13-22-16)19(18(12-21)15(3)24)23-9-7-20(5-6-20)8-10-23/h11,13H,4-10H2,1-3H3/b19-18+. The maximum Gasteiger partial charge on any atom is 0.172 e. The Morgan fingerprint density at radius 1 is 1.33 bits per heavy atom. The van der Waals surface area contributed by atoms with Gasteiger partial charge in [-0.3, -0.25) is 9.78 Å². The third kappa shape index (κ3) is 3.08. The van der Waals surface area contributed by atoms with Gasteiger partial charge < -0.3 is 4.90 Å². The van der Waals surface area contributed by atoms with Gasteiger partial charge in [-0.2, -0.15) is 5.26 Å². The zero-order valence-electron chi connectivity index (χ0n) is 14.9. The van der Waals surface area contributed by atoms with Crippen molar-refractivity contribution in [1.82, 2.24) is 9.88 Å². The number of likely N-dealkylation sites (tertiary alicyclic amines) is 1. The van der Waals surface area contributed by atoms with Gasteiger partial charge in [0, 0.05) is 30.5 Å². The minimum Gasteiger partial charge on any atom is -0.370 e. The fourth-order valence-electron chi connectivity index (χ4n) is 3.66. The topological polar surface area (TPSA) is 57.0 Å². The summed E-state index contributed by atoms with van der Waals surface area (Å²) in [7, 11) is 0. The summed E-state index contributed by atoms with van der Waals surface area (Å²) in [5, 5.41) is 9.62. The first-order valence-electron chi connectivity index (χ1n) is 8.86. The highest BCUT2D eigenvalue weighted by Gasteiger charge is 2.45. The first-order valence-corrected chi connectivity index (χ1v) is 8.86. The predicted molar refractivity (Wildman–Crippen MR) is 94.0 cm³/mol. The maximum atomic E-state index is 12.1. The third-order valence-corrected chi connectivity index (χ3v) is 5.58. The summed E-state index contributed by atoms with van der Waals surface area (Å²) in [6.07, 6.45) is 7.70. The lowest BCUT2D eigenvalue weighted by atomic mass is 9.91. The van der Waals surface area contributed by atoms with E-state index in [0.717, 1.165) is 54.9 Å². The van der Waals surface area contributed by atoms with Gasteiger partial charge in [-0.25, -0.2) is 0 Å². The Hall–Kier alpha value is -2.15. The van der Waals surface area contributed by atoms with Gasteiger partial charge in [-0.1, -0.05) is 6.92 Å². The molecule has 2 fully saturated rings. The van der Waals surface area contributed by atoms with Crippen molar-refractivity contribution in [3.05, 3.63) is 34.7 Å². The van der Waals surface area contributed by atoms with Crippen molar-refractivity contribution in [2.45, 2.75) is 52.9 Å². The van der Waals surface area contributed by atoms with E-state index in [1.165, 1.54) is 19.8 Å². The average Bonchev–Trinajstić information content (AvgIpc) is 3.33. The summed E-state index contributed by atoms with van der Waals surface area (Å²) >= 11 is 0. The van der Waals surface area contributed by atoms with Gasteiger partial charge in [0.05, 0.1) is 5.70 Å². The molecule has 2 aliphatic rings. The van der Waals surface area contributed by atoms with Crippen molar-refractivity contribution < 1.29 is 4.79 Å². The molecule has 1 spiro atoms. The monoisotopic (exact) mass is 323 g/mol. The predicted octanol–water partition coefficient (Wildman–Crippen LogP) is 3.65. The zero-order chi connectivity index (χ0) is 17.3. The second-order valence-electron chi connectivity index (χ2n) is 7.22. The van der Waals surface area contributed by atoms with Crippen LogP contribution in [0.25, 0.3) is 5.70 Å². The Labute approximate surface area is 144 Å². The van der Waals surface area contributed by atoms with Crippen molar-refractivity contribution in [1.29, 1.82) is 5.26 Å². The Morgan fingerprint density at radius 2 is 2.00 bits per heavy atom. The molecule has 0 unspecified atom stereocenters. The number of Topliss-reactive ketones (excluding diaryl/α,β-unsaturated/α-hetero) is 1. The lowest BCUT2D eigenvalue weighted by Crippen LogP contribution is -2.34. The fourth-order valence-corrected chi connectivity index (χ4v) is 3.66. The molecule has 2 heterocycles. The quantitative estimate of drug-likeness (QED) is 0.627. The van der Waals surface area contributed by atoms with Crippen LogP contribution in [-0.4, -0.2) is 28.8 Å². The number of pyridine rings is 1. The number of ketones is 1. The van der Waals surface area contributed by atoms with Gasteiger partial charge >= 0.3 is 0 Å². The van der Waals surface area contributed by atoms with E-state index < -0.39 is 0 Å². The second kappa shape index (κ2) is 6.39. The molecule has 3 rings (SSSR count). The van der Waals surface area contributed by atoms with Crippen LogP contribution in [0.5, 0.6) is 0 Å². The van der Waals surface area contributed by atoms with Crippen molar-refractivity contribution in [2.75, 3.05) is 13.1 Å². The molecule has 4 heteroatoms. The number of rotatable bonds is 4. The summed E-state index contributed by atoms with van der Waals surface area (Å²) in [5.74, 6) is -0.159. The normalized spacial score (nSPS) is 19.7. The molecule has 0 bridgehead atoms. The van der Waals surface area contributed by atoms with Gasteiger partial charge in [-0.15, -0.1) is 0 Å². The van der Waals surface area contributed by atoms with Gasteiger partial charge in [0.2, 0.25) is 0 Å². The number of carbonyl (C=O) groups is 1. The summed E-state index contributed by atoms with van der Waals surface area (Å²) < 4.78 is 0. The number of piperidine rings is 1. The van der Waals surface area contributed by atoms with E-state index >= 15 is 0 Å². The van der Waals surface area contributed by atoms with Gasteiger partial charge in [0.1, 0.15) is 11.6 Å². The van der Waals surface area contributed by atoms with Crippen LogP contribution in [0.3, 0.4) is 0 Å². The first kappa shape index (κ1) is 16.7. The van der Waals surface area contributed by atoms with E-state index in [0.29, 0.717) is 5.41 Å². The van der Waals surface area contributed by atoms with Crippen molar-refractivity contribution in [3.63, 3.8) is 0 Å². The summed E-state index contributed by atoms with van der Waals surface area (Å²) in [5.41, 5.74) is 4.65. The number of hydrogen-bond donors (Lipinski definition) is 0. The van der Waals surface area contributed by atoms with Crippen LogP contribution >= 0.6 is 0 Å². The molecule has 1 aliphatic carbocycles. The molecule has 0 atom stereocenters. The average molecular weight is 323 g/mol. The number of hydrogen-bond acceptors (Lipinski definition) is 4. The van der Waals surface area contributed by atoms with Crippen molar-refractivity contribution in [3.8, 4) is 6.07 Å². The molecule has 126 valence electrons. The molecule has 24 heavy (non-hydrogen) atoms. The highest BCUT2D eigenvalue weighted by atomic mass is 16.1. The molecule has 1 aliphatic heterocycles. The van der Waals surface area contributed by atoms with Crippen molar-refractivity contribution >= 4 is 11.5 Å². The minimum atomic E-state index is -0.159. The molecule has 1 saturated heterocycles. The third-order valence-electron chi connectivity index (χ3n) is 5.58. The zero-order valence-corrected chi connectivity index (χ0v) is 14.9. The fraction of sp³-hybridized carbons (Fsp3) is 0.550. The minimum absolute atomic E-state index is 0.159. The van der Waals surface area contributed by atoms with Crippen LogP contribution in [0, 0.1) is 23.7 Å². The molecule has 0 amide bonds. The molecular formula is C20H25N3O. The summed E-state index contributed by atoms with van der Waals surface area (Å²) in [6.45, 7) is 7.41. The Bertz CT molecular complexity index is 728. The molecule has 1 aromatic heterocycles. The second-order valence-corrected chi connectivity index (χ2v) is 7.22. The smallest absolute Gasteiger partial charge is 0.172 e. The van der Waals surface area contributed by atoms with Gasteiger partial charge in [0.15, 0.2) is 5.78 Å². The maximum absolute atomic E-state index is 12.1. The summed E-state index contributed by atoms with van der Waals surface area (Å²) in [6, 6.07) is 4.21. The molecule has 1 saturated carbocycles. The molecule has 0 radical (unpaired) electrons. The molecule has 1 aromatic rings. The van der Waals surface area contributed by atoms with Crippen LogP contribution in [0.1, 0.15) is 56.4 Å². The molecular weight excluding hydrogens is 298 g/mol. The Balaban J connectivity index is 2.06. The number of nitrogens with zero attached hydrogens (tertiary/aromatic N) is 3. The van der Waals surface area contributed by atoms with E-state index in [4.69, 9.17) is 0 Å². The lowest BCUT2D eigenvalue weighted by molar-refractivity contribution is -0.113. The van der Waals surface area contributed by atoms with Crippen LogP contribution in [-0.2, 0) is 11.2 Å². The van der Waals surface area contributed by atoms with E-state index in [1.54, 1.807) is 0 Å². The number of carbonyl (C=O) groups excluding carboxylic acids is 1. The van der Waals surface area contributed by atoms with E-state index in [9.17, 15) is 10.1 Å². The van der Waals surface area contributed by atoms with E-state index in [2.05, 4.69) is 22.9 Å². The van der Waals surface area contributed by atoms with Gasteiger partial charge in [0.25, 0.3) is 0 Å². The SMILES string of the molecule is CCc1cc(/C(=C(/C#N)C(C)=O)N2CCC3(CC2)CC3)c(C)cn1. The molecule has 0 aromatic carbocycles. The number of allylic oxidation sites excluding steroid dienone is 1. The van der Waals surface area contributed by atoms with Crippen LogP contribution < -0.4 is 0 Å². The number of nitriles is 1. The van der Waals surface area contributed by atoms with Crippen LogP contribution in [0.2, 0.25) is 0 Å². The number of aryl methyl sites for hydroxylation is 2. The lowest BCUT2D eigenvalue weighted by Gasteiger charge is -2.36. The van der Waals surface area contributed by atoms with Gasteiger partial charge in [-0.05, 0) is 63.0 Å². The van der Waals surface area contributed by atoms with Crippen LogP contribution in [0.15, 0.2) is 17.8 Å². The summed E-state index contributed by atoms with van der Waals surface area (Å²) in [4.78, 5) is 18.8. The van der Waals surface area contributed by atoms with Crippen molar-refractivity contribution in [2.24, 2.45) is 5.41 Å². The highest BCUT2D eigenvalue weighted by molar-refractivity contribution is 6.04. The number of aromatic nitrogens is 1. The van der Waals surface area contributed by atoms with Crippen LogP contribution in [0.4, 0.5) is 0 Å². The van der Waals surface area contributed by atoms with E-state index in [1.807, 2.05) is 19.2 Å². The molecule has 0 N–H and O–H groups in total.